The van der Waals surface area contributed by atoms with Crippen molar-refractivity contribution in [1.29, 1.82) is 0 Å². The summed E-state index contributed by atoms with van der Waals surface area (Å²) in [5.41, 5.74) is 0. The van der Waals surface area contributed by atoms with Crippen LogP contribution in [0.15, 0.2) is 72.9 Å². The Morgan fingerprint density at radius 1 is 0.508 bits per heavy atom. The summed E-state index contributed by atoms with van der Waals surface area (Å²) < 4.78 is 5.90. The molecule has 3 N–H and O–H groups in total. The van der Waals surface area contributed by atoms with Crippen molar-refractivity contribution in [2.45, 2.75) is 244 Å². The normalized spacial score (nSPS) is 13.9. The predicted molar refractivity (Wildman–Crippen MR) is 255 cm³/mol. The van der Waals surface area contributed by atoms with Gasteiger partial charge in [0.15, 0.2) is 0 Å². The van der Waals surface area contributed by atoms with Crippen LogP contribution in [0.3, 0.4) is 0 Å². The van der Waals surface area contributed by atoms with E-state index in [4.69, 9.17) is 4.74 Å². The molecule has 340 valence electrons. The van der Waals surface area contributed by atoms with Crippen LogP contribution in [0.25, 0.3) is 0 Å². The quantitative estimate of drug-likeness (QED) is 0.0323. The molecule has 6 heteroatoms. The Bertz CT molecular complexity index is 1110. The van der Waals surface area contributed by atoms with Crippen molar-refractivity contribution in [2.75, 3.05) is 6.61 Å². The number of nitrogens with one attached hydrogen (secondary N) is 1. The van der Waals surface area contributed by atoms with E-state index in [-0.39, 0.29) is 24.9 Å². The molecule has 0 heterocycles. The number of amides is 1. The molecule has 0 bridgehead atoms. The molecule has 0 aromatic carbocycles. The van der Waals surface area contributed by atoms with Gasteiger partial charge in [0.1, 0.15) is 6.10 Å². The minimum Gasteiger partial charge on any atom is -0.462 e. The molecule has 0 aliphatic rings. The van der Waals surface area contributed by atoms with E-state index in [1.165, 1.54) is 89.9 Å². The van der Waals surface area contributed by atoms with Crippen molar-refractivity contribution in [1.82, 2.24) is 5.32 Å². The van der Waals surface area contributed by atoms with Crippen LogP contribution in [0.1, 0.15) is 226 Å². The van der Waals surface area contributed by atoms with Gasteiger partial charge in [-0.15, -0.1) is 0 Å². The monoisotopic (exact) mass is 824 g/mol. The number of unbranched alkanes of at least 4 members (excludes halogenated alkanes) is 23. The summed E-state index contributed by atoms with van der Waals surface area (Å²) in [4.78, 5) is 26.1. The molecule has 0 radical (unpaired) electrons. The smallest absolute Gasteiger partial charge is 0.306 e. The number of aliphatic hydroxyl groups is 2. The molecule has 1 amide bonds. The summed E-state index contributed by atoms with van der Waals surface area (Å²) in [6.45, 7) is 6.29. The van der Waals surface area contributed by atoms with Crippen LogP contribution in [-0.2, 0) is 14.3 Å². The molecule has 6 nitrogen and oxygen atoms in total. The second-order valence-corrected chi connectivity index (χ2v) is 16.6. The lowest BCUT2D eigenvalue weighted by Gasteiger charge is -2.24. The molecule has 3 unspecified atom stereocenters. The van der Waals surface area contributed by atoms with Crippen LogP contribution in [0.2, 0.25) is 0 Å². The topological polar surface area (TPSA) is 95.9 Å². The first-order valence-corrected chi connectivity index (χ1v) is 24.7. The second kappa shape index (κ2) is 46.4. The van der Waals surface area contributed by atoms with Crippen LogP contribution < -0.4 is 5.32 Å². The molecular weight excluding hydrogens is 731 g/mol. The van der Waals surface area contributed by atoms with Gasteiger partial charge < -0.3 is 20.3 Å². The number of allylic oxidation sites excluding steroid dienone is 12. The van der Waals surface area contributed by atoms with E-state index >= 15 is 0 Å². The Morgan fingerprint density at radius 3 is 1.42 bits per heavy atom. The molecule has 0 aromatic rings. The van der Waals surface area contributed by atoms with E-state index in [1.54, 1.807) is 0 Å². The minimum atomic E-state index is -0.802. The minimum absolute atomic E-state index is 0.0421. The van der Waals surface area contributed by atoms with E-state index in [2.05, 4.69) is 74.7 Å². The van der Waals surface area contributed by atoms with E-state index in [0.717, 1.165) is 89.9 Å². The molecule has 0 aliphatic carbocycles. The van der Waals surface area contributed by atoms with E-state index in [0.29, 0.717) is 19.3 Å². The Kier molecular flexibility index (Phi) is 44.2. The predicted octanol–water partition coefficient (Wildman–Crippen LogP) is 14.6. The lowest BCUT2D eigenvalue weighted by atomic mass is 10.0. The van der Waals surface area contributed by atoms with Crippen molar-refractivity contribution < 1.29 is 24.5 Å². The first-order valence-electron chi connectivity index (χ1n) is 24.7. The Balaban J connectivity index is 4.65. The van der Waals surface area contributed by atoms with Crippen LogP contribution >= 0.6 is 0 Å². The average Bonchev–Trinajstić information content (AvgIpc) is 3.23. The molecule has 0 rings (SSSR count). The average molecular weight is 824 g/mol. The molecule has 0 aromatic heterocycles. The van der Waals surface area contributed by atoms with Crippen molar-refractivity contribution in [3.8, 4) is 0 Å². The third-order valence-corrected chi connectivity index (χ3v) is 10.9. The van der Waals surface area contributed by atoms with Crippen LogP contribution in [-0.4, -0.2) is 46.9 Å². The zero-order valence-corrected chi connectivity index (χ0v) is 38.6. The second-order valence-electron chi connectivity index (χ2n) is 16.6. The van der Waals surface area contributed by atoms with Crippen molar-refractivity contribution in [3.63, 3.8) is 0 Å². The third-order valence-electron chi connectivity index (χ3n) is 10.9. The number of ether oxygens (including phenoxy) is 1. The van der Waals surface area contributed by atoms with E-state index < -0.39 is 18.2 Å². The molecule has 0 saturated heterocycles. The summed E-state index contributed by atoms with van der Waals surface area (Å²) in [6, 6.07) is -0.719. The lowest BCUT2D eigenvalue weighted by Crippen LogP contribution is -2.46. The van der Waals surface area contributed by atoms with Gasteiger partial charge in [0, 0.05) is 6.42 Å². The third kappa shape index (κ3) is 41.8. The highest BCUT2D eigenvalue weighted by Gasteiger charge is 2.24. The number of aliphatic hydroxyl groups excluding tert-OH is 2. The summed E-state index contributed by atoms with van der Waals surface area (Å²) in [5, 5.41) is 23.6. The van der Waals surface area contributed by atoms with Gasteiger partial charge in [0.05, 0.1) is 25.2 Å². The maximum Gasteiger partial charge on any atom is 0.306 e. The fourth-order valence-electron chi connectivity index (χ4n) is 7.14. The van der Waals surface area contributed by atoms with Gasteiger partial charge in [0.2, 0.25) is 5.91 Å². The fourth-order valence-corrected chi connectivity index (χ4v) is 7.14. The maximum atomic E-state index is 13.1. The van der Waals surface area contributed by atoms with Crippen molar-refractivity contribution >= 4 is 11.9 Å². The first kappa shape index (κ1) is 56.3. The first-order chi connectivity index (χ1) is 29.0. The Hall–Kier alpha value is -2.70. The Labute approximate surface area is 364 Å². The summed E-state index contributed by atoms with van der Waals surface area (Å²) in [7, 11) is 0. The molecule has 0 aliphatic heterocycles. The van der Waals surface area contributed by atoms with Crippen LogP contribution in [0, 0.1) is 0 Å². The molecule has 0 saturated carbocycles. The van der Waals surface area contributed by atoms with E-state index in [9.17, 15) is 19.8 Å². The maximum absolute atomic E-state index is 13.1. The van der Waals surface area contributed by atoms with Gasteiger partial charge >= 0.3 is 5.97 Å². The zero-order chi connectivity index (χ0) is 43.1. The fraction of sp³-hybridized carbons (Fsp3) is 0.736. The number of esters is 1. The summed E-state index contributed by atoms with van der Waals surface area (Å²) >= 11 is 0. The van der Waals surface area contributed by atoms with Crippen molar-refractivity contribution in [2.24, 2.45) is 0 Å². The lowest BCUT2D eigenvalue weighted by molar-refractivity contribution is -0.151. The highest BCUT2D eigenvalue weighted by atomic mass is 16.5. The highest BCUT2D eigenvalue weighted by Crippen LogP contribution is 2.17. The Morgan fingerprint density at radius 2 is 0.915 bits per heavy atom. The van der Waals surface area contributed by atoms with Gasteiger partial charge in [-0.3, -0.25) is 9.59 Å². The zero-order valence-electron chi connectivity index (χ0n) is 38.6. The van der Waals surface area contributed by atoms with Crippen molar-refractivity contribution in [3.05, 3.63) is 72.9 Å². The van der Waals surface area contributed by atoms with Gasteiger partial charge in [-0.25, -0.2) is 0 Å². The molecule has 3 atom stereocenters. The number of hydrogen-bond acceptors (Lipinski definition) is 5. The number of carbonyl (C=O) groups is 2. The standard InChI is InChI=1S/C53H93NO5/c1-4-7-10-13-16-19-21-23-24-25-26-27-29-31-34-37-40-43-46-53(58)59-49(44-41-38-35-33-30-28-22-20-17-14-11-8-5-2)47-52(57)54-50(48-55)51(56)45-42-39-36-32-18-15-12-9-6-3/h8,11,14,17,20,22,24-28,30,49-51,55-56H,4-7,9-10,12-13,15-16,18-19,21,23,29,31-48H2,1-3H3,(H,54,57)/b11-8+,17-14+,22-20+,25-24+,27-26+,30-28-. The van der Waals surface area contributed by atoms with Crippen LogP contribution in [0.4, 0.5) is 0 Å². The highest BCUT2D eigenvalue weighted by molar-refractivity contribution is 5.77. The summed E-state index contributed by atoms with van der Waals surface area (Å²) in [6.07, 6.45) is 58.2. The van der Waals surface area contributed by atoms with E-state index in [1.807, 2.05) is 24.3 Å². The molecule has 0 fully saturated rings. The largest absolute Gasteiger partial charge is 0.462 e. The van der Waals surface area contributed by atoms with Gasteiger partial charge in [-0.1, -0.05) is 216 Å². The number of hydrogen-bond donors (Lipinski definition) is 3. The number of carbonyl (C=O) groups excluding carboxylic acids is 2. The van der Waals surface area contributed by atoms with Gasteiger partial charge in [-0.05, 0) is 70.6 Å². The van der Waals surface area contributed by atoms with Gasteiger partial charge in [0.25, 0.3) is 0 Å². The number of rotatable bonds is 43. The molecule has 59 heavy (non-hydrogen) atoms. The summed E-state index contributed by atoms with van der Waals surface area (Å²) in [5.74, 6) is -0.535. The SMILES string of the molecule is CC/C=C/C=C/C=C/C=C\CCCCCC(CC(=O)NC(CO)C(O)CCCCCCCCCCC)OC(=O)CCCCCCC/C=C/C=C/CCCCCCCCC. The molecular formula is C53H93NO5. The molecule has 0 spiro atoms. The van der Waals surface area contributed by atoms with Crippen LogP contribution in [0.5, 0.6) is 0 Å². The van der Waals surface area contributed by atoms with Gasteiger partial charge in [-0.2, -0.15) is 0 Å².